The summed E-state index contributed by atoms with van der Waals surface area (Å²) in [5.74, 6) is -0.0846. The Bertz CT molecular complexity index is 1230. The molecule has 0 bridgehead atoms. The first-order chi connectivity index (χ1) is 14.0. The summed E-state index contributed by atoms with van der Waals surface area (Å²) in [6.45, 7) is 1.88. The molecule has 0 saturated carbocycles. The summed E-state index contributed by atoms with van der Waals surface area (Å²) in [5.41, 5.74) is 4.90. The molecule has 0 atom stereocenters. The number of ketones is 1. The Morgan fingerprint density at radius 2 is 1.72 bits per heavy atom. The number of rotatable bonds is 4. The van der Waals surface area contributed by atoms with E-state index < -0.39 is 0 Å². The molecule has 4 heteroatoms. The maximum absolute atomic E-state index is 13.3. The molecular weight excluding hydrogens is 446 g/mol. The third-order valence-corrected chi connectivity index (χ3v) is 5.50. The fraction of sp³-hybridized carbons (Fsp3) is 0.0400. The second-order valence-electron chi connectivity index (χ2n) is 6.72. The van der Waals surface area contributed by atoms with E-state index in [2.05, 4.69) is 20.9 Å². The zero-order chi connectivity index (χ0) is 20.4. The molecule has 0 radical (unpaired) electrons. The summed E-state index contributed by atoms with van der Waals surface area (Å²) in [7, 11) is 0. The lowest BCUT2D eigenvalue weighted by Crippen LogP contribution is -2.05. The number of aryl methyl sites for hydroxylation is 1. The highest BCUT2D eigenvalue weighted by molar-refractivity contribution is 9.10. The van der Waals surface area contributed by atoms with Gasteiger partial charge in [0.2, 0.25) is 0 Å². The standard InChI is InChI=1S/C25H17BrClNO/c1-16-24(23(29)14-9-17-7-10-19(26)11-8-17)25(18-5-3-2-4-6-18)21-15-20(27)12-13-22(21)28-16/h2-15H,1H3/b14-9+. The van der Waals surface area contributed by atoms with Gasteiger partial charge in [0.25, 0.3) is 0 Å². The molecule has 2 nitrogen and oxygen atoms in total. The lowest BCUT2D eigenvalue weighted by Gasteiger charge is -2.14. The zero-order valence-electron chi connectivity index (χ0n) is 15.7. The number of pyridine rings is 1. The van der Waals surface area contributed by atoms with Gasteiger partial charge in [0.1, 0.15) is 0 Å². The van der Waals surface area contributed by atoms with E-state index in [0.717, 1.165) is 32.1 Å². The molecule has 0 aliphatic rings. The third-order valence-electron chi connectivity index (χ3n) is 4.73. The van der Waals surface area contributed by atoms with Crippen LogP contribution in [0.3, 0.4) is 0 Å². The van der Waals surface area contributed by atoms with Crippen LogP contribution < -0.4 is 0 Å². The van der Waals surface area contributed by atoms with E-state index in [9.17, 15) is 4.79 Å². The molecule has 0 amide bonds. The molecule has 4 aromatic rings. The van der Waals surface area contributed by atoms with E-state index in [1.807, 2.05) is 85.8 Å². The first kappa shape index (κ1) is 19.6. The number of aromatic nitrogens is 1. The highest BCUT2D eigenvalue weighted by Crippen LogP contribution is 2.35. The molecular formula is C25H17BrClNO. The maximum atomic E-state index is 13.3. The van der Waals surface area contributed by atoms with Crippen LogP contribution in [0.2, 0.25) is 5.02 Å². The Kier molecular flexibility index (Phi) is 5.61. The Labute approximate surface area is 183 Å². The van der Waals surface area contributed by atoms with Crippen LogP contribution in [0.4, 0.5) is 0 Å². The van der Waals surface area contributed by atoms with Gasteiger partial charge in [-0.05, 0) is 54.5 Å². The molecule has 0 unspecified atom stereocenters. The Morgan fingerprint density at radius 1 is 1.00 bits per heavy atom. The average Bonchev–Trinajstić information content (AvgIpc) is 2.73. The summed E-state index contributed by atoms with van der Waals surface area (Å²) < 4.78 is 0.999. The second-order valence-corrected chi connectivity index (χ2v) is 8.08. The van der Waals surface area contributed by atoms with Crippen molar-refractivity contribution < 1.29 is 4.79 Å². The molecule has 1 heterocycles. The number of hydrogen-bond acceptors (Lipinski definition) is 2. The number of fused-ring (bicyclic) bond motifs is 1. The predicted molar refractivity (Wildman–Crippen MR) is 124 cm³/mol. The SMILES string of the molecule is Cc1nc2ccc(Cl)cc2c(-c2ccccc2)c1C(=O)/C=C/c1ccc(Br)cc1. The number of benzene rings is 3. The largest absolute Gasteiger partial charge is 0.289 e. The van der Waals surface area contributed by atoms with Crippen molar-refractivity contribution in [3.8, 4) is 11.1 Å². The summed E-state index contributed by atoms with van der Waals surface area (Å²) in [4.78, 5) is 17.9. The molecule has 142 valence electrons. The fourth-order valence-corrected chi connectivity index (χ4v) is 3.83. The van der Waals surface area contributed by atoms with Crippen LogP contribution in [-0.2, 0) is 0 Å². The van der Waals surface area contributed by atoms with Crippen molar-refractivity contribution in [3.05, 3.63) is 105 Å². The van der Waals surface area contributed by atoms with Gasteiger partial charge in [-0.25, -0.2) is 0 Å². The molecule has 29 heavy (non-hydrogen) atoms. The van der Waals surface area contributed by atoms with E-state index in [1.165, 1.54) is 0 Å². The Morgan fingerprint density at radius 3 is 2.45 bits per heavy atom. The first-order valence-corrected chi connectivity index (χ1v) is 10.3. The third kappa shape index (κ3) is 4.16. The van der Waals surface area contributed by atoms with E-state index >= 15 is 0 Å². The quantitative estimate of drug-likeness (QED) is 0.232. The van der Waals surface area contributed by atoms with Crippen LogP contribution >= 0.6 is 27.5 Å². The van der Waals surface area contributed by atoms with Crippen LogP contribution in [0.5, 0.6) is 0 Å². The van der Waals surface area contributed by atoms with Gasteiger partial charge in [-0.3, -0.25) is 9.78 Å². The summed E-state index contributed by atoms with van der Waals surface area (Å²) in [5, 5.41) is 1.49. The van der Waals surface area contributed by atoms with Crippen molar-refractivity contribution in [2.45, 2.75) is 6.92 Å². The number of carbonyl (C=O) groups is 1. The van der Waals surface area contributed by atoms with Gasteiger partial charge in [-0.1, -0.05) is 76.1 Å². The normalized spacial score (nSPS) is 11.3. The maximum Gasteiger partial charge on any atom is 0.188 e. The van der Waals surface area contributed by atoms with Gasteiger partial charge >= 0.3 is 0 Å². The van der Waals surface area contributed by atoms with Crippen LogP contribution in [0.25, 0.3) is 28.1 Å². The fourth-order valence-electron chi connectivity index (χ4n) is 3.39. The average molecular weight is 463 g/mol. The number of nitrogens with zero attached hydrogens (tertiary/aromatic N) is 1. The minimum absolute atomic E-state index is 0.0846. The lowest BCUT2D eigenvalue weighted by molar-refractivity contribution is 0.104. The molecule has 0 aliphatic carbocycles. The van der Waals surface area contributed by atoms with Gasteiger partial charge in [0, 0.05) is 26.1 Å². The van der Waals surface area contributed by atoms with Gasteiger partial charge in [-0.15, -0.1) is 0 Å². The zero-order valence-corrected chi connectivity index (χ0v) is 18.0. The molecule has 3 aromatic carbocycles. The van der Waals surface area contributed by atoms with Crippen LogP contribution in [0.15, 0.2) is 83.3 Å². The van der Waals surface area contributed by atoms with Gasteiger partial charge in [-0.2, -0.15) is 0 Å². The van der Waals surface area contributed by atoms with Crippen molar-refractivity contribution in [1.82, 2.24) is 4.98 Å². The van der Waals surface area contributed by atoms with Crippen molar-refractivity contribution in [2.24, 2.45) is 0 Å². The van der Waals surface area contributed by atoms with Crippen molar-refractivity contribution >= 4 is 50.3 Å². The number of allylic oxidation sites excluding steroid dienone is 1. The van der Waals surface area contributed by atoms with Crippen molar-refractivity contribution in [3.63, 3.8) is 0 Å². The van der Waals surface area contributed by atoms with Crippen LogP contribution in [-0.4, -0.2) is 10.8 Å². The number of hydrogen-bond donors (Lipinski definition) is 0. The molecule has 0 N–H and O–H groups in total. The van der Waals surface area contributed by atoms with E-state index in [0.29, 0.717) is 16.3 Å². The topological polar surface area (TPSA) is 30.0 Å². The minimum Gasteiger partial charge on any atom is -0.289 e. The molecule has 0 fully saturated rings. The van der Waals surface area contributed by atoms with E-state index in [-0.39, 0.29) is 5.78 Å². The van der Waals surface area contributed by atoms with Crippen molar-refractivity contribution in [2.75, 3.05) is 0 Å². The highest BCUT2D eigenvalue weighted by atomic mass is 79.9. The summed E-state index contributed by atoms with van der Waals surface area (Å²) in [6.07, 6.45) is 3.43. The molecule has 0 spiro atoms. The van der Waals surface area contributed by atoms with Gasteiger partial charge < -0.3 is 0 Å². The minimum atomic E-state index is -0.0846. The predicted octanol–water partition coefficient (Wildman–Crippen LogP) is 7.52. The Hall–Kier alpha value is -2.75. The van der Waals surface area contributed by atoms with Crippen LogP contribution in [0, 0.1) is 6.92 Å². The second kappa shape index (κ2) is 8.32. The lowest BCUT2D eigenvalue weighted by atomic mass is 9.92. The molecule has 1 aromatic heterocycles. The van der Waals surface area contributed by atoms with Crippen molar-refractivity contribution in [1.29, 1.82) is 0 Å². The molecule has 0 saturated heterocycles. The Balaban J connectivity index is 1.90. The van der Waals surface area contributed by atoms with Crippen LogP contribution in [0.1, 0.15) is 21.6 Å². The smallest absolute Gasteiger partial charge is 0.188 e. The first-order valence-electron chi connectivity index (χ1n) is 9.16. The van der Waals surface area contributed by atoms with E-state index in [1.54, 1.807) is 6.08 Å². The monoisotopic (exact) mass is 461 g/mol. The summed E-state index contributed by atoms with van der Waals surface area (Å²) >= 11 is 9.70. The highest BCUT2D eigenvalue weighted by Gasteiger charge is 2.19. The molecule has 0 aliphatic heterocycles. The summed E-state index contributed by atoms with van der Waals surface area (Å²) in [6, 6.07) is 23.3. The van der Waals surface area contributed by atoms with Gasteiger partial charge in [0.15, 0.2) is 5.78 Å². The number of halogens is 2. The number of carbonyl (C=O) groups excluding carboxylic acids is 1. The van der Waals surface area contributed by atoms with E-state index in [4.69, 9.17) is 11.6 Å². The van der Waals surface area contributed by atoms with Gasteiger partial charge in [0.05, 0.1) is 11.1 Å². The molecule has 4 rings (SSSR count).